The zero-order chi connectivity index (χ0) is 17.6. The molecule has 0 fully saturated rings. The molecule has 2 aromatic rings. The number of rotatable bonds is 3. The second-order valence-electron chi connectivity index (χ2n) is 5.08. The number of anilines is 1. The van der Waals surface area contributed by atoms with Crippen molar-refractivity contribution in [2.45, 2.75) is 6.54 Å². The summed E-state index contributed by atoms with van der Waals surface area (Å²) < 4.78 is 23.4. The molecule has 0 amide bonds. The molecule has 0 aliphatic carbocycles. The number of nitrogens with one attached hydrogen (secondary N) is 4. The number of hydrogen-bond donors (Lipinski definition) is 4. The summed E-state index contributed by atoms with van der Waals surface area (Å²) in [6.07, 6.45) is 0. The van der Waals surface area contributed by atoms with Crippen molar-refractivity contribution in [1.82, 2.24) is 16.2 Å². The first-order valence-electron chi connectivity index (χ1n) is 7.35. The highest BCUT2D eigenvalue weighted by Gasteiger charge is 2.13. The largest absolute Gasteiger partial charge is 0.454 e. The summed E-state index contributed by atoms with van der Waals surface area (Å²) in [6.45, 7) is 0.761. The summed E-state index contributed by atoms with van der Waals surface area (Å²) in [5, 5.41) is 6.62. The molecule has 0 unspecified atom stereocenters. The third kappa shape index (κ3) is 4.91. The van der Waals surface area contributed by atoms with E-state index in [1.807, 2.05) is 18.2 Å². The van der Waals surface area contributed by atoms with Crippen molar-refractivity contribution in [2.24, 2.45) is 0 Å². The molecule has 3 rings (SSSR count). The topological polar surface area (TPSA) is 66.6 Å². The number of benzene rings is 2. The van der Waals surface area contributed by atoms with E-state index in [1.54, 1.807) is 12.1 Å². The Kier molecular flexibility index (Phi) is 5.46. The lowest BCUT2D eigenvalue weighted by Gasteiger charge is -2.14. The Balaban J connectivity index is 1.40. The molecular formula is C16H15FN4O2S2. The lowest BCUT2D eigenvalue weighted by atomic mass is 10.2. The van der Waals surface area contributed by atoms with Crippen molar-refractivity contribution in [3.63, 3.8) is 0 Å². The van der Waals surface area contributed by atoms with Crippen LogP contribution in [0.4, 0.5) is 10.1 Å². The van der Waals surface area contributed by atoms with E-state index in [4.69, 9.17) is 33.9 Å². The van der Waals surface area contributed by atoms with Gasteiger partial charge in [0.1, 0.15) is 5.82 Å². The maximum Gasteiger partial charge on any atom is 0.231 e. The Morgan fingerprint density at radius 3 is 2.48 bits per heavy atom. The van der Waals surface area contributed by atoms with E-state index in [1.165, 1.54) is 12.1 Å². The molecule has 2 aromatic carbocycles. The van der Waals surface area contributed by atoms with Crippen LogP contribution in [0.2, 0.25) is 0 Å². The highest BCUT2D eigenvalue weighted by atomic mass is 32.1. The van der Waals surface area contributed by atoms with Gasteiger partial charge in [0.2, 0.25) is 6.79 Å². The maximum atomic E-state index is 12.8. The first-order chi connectivity index (χ1) is 12.1. The minimum Gasteiger partial charge on any atom is -0.454 e. The van der Waals surface area contributed by atoms with E-state index in [9.17, 15) is 4.39 Å². The van der Waals surface area contributed by atoms with Gasteiger partial charge < -0.3 is 20.1 Å². The molecule has 1 heterocycles. The Hall–Kier alpha value is -2.65. The van der Waals surface area contributed by atoms with E-state index in [2.05, 4.69) is 21.5 Å². The van der Waals surface area contributed by atoms with Gasteiger partial charge in [-0.25, -0.2) is 4.39 Å². The van der Waals surface area contributed by atoms with Gasteiger partial charge in [0.15, 0.2) is 21.7 Å². The van der Waals surface area contributed by atoms with E-state index < -0.39 is 0 Å². The Morgan fingerprint density at radius 1 is 0.960 bits per heavy atom. The summed E-state index contributed by atoms with van der Waals surface area (Å²) in [6, 6.07) is 11.5. The minimum atomic E-state index is -0.309. The van der Waals surface area contributed by atoms with Crippen molar-refractivity contribution in [3.8, 4) is 11.5 Å². The maximum absolute atomic E-state index is 12.8. The molecule has 4 N–H and O–H groups in total. The van der Waals surface area contributed by atoms with Crippen molar-refractivity contribution < 1.29 is 13.9 Å². The van der Waals surface area contributed by atoms with Crippen LogP contribution in [-0.4, -0.2) is 17.0 Å². The summed E-state index contributed by atoms with van der Waals surface area (Å²) in [5.41, 5.74) is 7.19. The third-order valence-corrected chi connectivity index (χ3v) is 3.73. The first kappa shape index (κ1) is 17.2. The Labute approximate surface area is 154 Å². The third-order valence-electron chi connectivity index (χ3n) is 3.28. The van der Waals surface area contributed by atoms with Crippen LogP contribution in [-0.2, 0) is 6.54 Å². The van der Waals surface area contributed by atoms with Gasteiger partial charge in [-0.2, -0.15) is 0 Å². The van der Waals surface area contributed by atoms with Gasteiger partial charge in [-0.15, -0.1) is 0 Å². The fraction of sp³-hybridized carbons (Fsp3) is 0.125. The molecule has 1 aliphatic heterocycles. The number of hydrazine groups is 1. The van der Waals surface area contributed by atoms with Crippen LogP contribution in [0.15, 0.2) is 42.5 Å². The van der Waals surface area contributed by atoms with E-state index >= 15 is 0 Å². The predicted octanol–water partition coefficient (Wildman–Crippen LogP) is 2.42. The molecule has 0 bridgehead atoms. The molecule has 130 valence electrons. The molecule has 1 aliphatic rings. The zero-order valence-electron chi connectivity index (χ0n) is 13.0. The summed E-state index contributed by atoms with van der Waals surface area (Å²) >= 11 is 10.3. The molecule has 0 spiro atoms. The van der Waals surface area contributed by atoms with Crippen LogP contribution in [0, 0.1) is 5.82 Å². The minimum absolute atomic E-state index is 0.245. The van der Waals surface area contributed by atoms with Gasteiger partial charge in [-0.05, 0) is 66.4 Å². The number of ether oxygens (including phenoxy) is 2. The molecule has 0 saturated carbocycles. The van der Waals surface area contributed by atoms with E-state index in [0.717, 1.165) is 17.1 Å². The van der Waals surface area contributed by atoms with Crippen LogP contribution in [0.25, 0.3) is 0 Å². The summed E-state index contributed by atoms with van der Waals surface area (Å²) in [4.78, 5) is 0. The average Bonchev–Trinajstić information content (AvgIpc) is 3.08. The van der Waals surface area contributed by atoms with E-state index in [0.29, 0.717) is 22.5 Å². The highest BCUT2D eigenvalue weighted by Crippen LogP contribution is 2.32. The van der Waals surface area contributed by atoms with Crippen LogP contribution < -0.4 is 31.0 Å². The number of halogens is 1. The summed E-state index contributed by atoms with van der Waals surface area (Å²) in [5.74, 6) is 1.15. The summed E-state index contributed by atoms with van der Waals surface area (Å²) in [7, 11) is 0. The van der Waals surface area contributed by atoms with Crippen molar-refractivity contribution in [3.05, 3.63) is 53.8 Å². The smallest absolute Gasteiger partial charge is 0.231 e. The second-order valence-corrected chi connectivity index (χ2v) is 5.90. The van der Waals surface area contributed by atoms with Gasteiger partial charge in [-0.3, -0.25) is 10.9 Å². The average molecular weight is 378 g/mol. The molecule has 9 heteroatoms. The normalized spacial score (nSPS) is 11.6. The standard InChI is InChI=1S/C16H15FN4O2S2/c17-11-2-4-12(5-3-11)19-16(25)21-20-15(24)18-8-10-1-6-13-14(7-10)23-9-22-13/h1-7H,8-9H2,(H2,18,20,24)(H2,19,21,25). The molecule has 0 saturated heterocycles. The molecule has 0 atom stereocenters. The lowest BCUT2D eigenvalue weighted by Crippen LogP contribution is -2.47. The predicted molar refractivity (Wildman–Crippen MR) is 101 cm³/mol. The number of thiocarbonyl (C=S) groups is 2. The zero-order valence-corrected chi connectivity index (χ0v) is 14.6. The van der Waals surface area contributed by atoms with Crippen molar-refractivity contribution in [2.75, 3.05) is 12.1 Å². The van der Waals surface area contributed by atoms with Gasteiger partial charge in [-0.1, -0.05) is 6.07 Å². The van der Waals surface area contributed by atoms with Crippen LogP contribution in [0.5, 0.6) is 11.5 Å². The van der Waals surface area contributed by atoms with Crippen molar-refractivity contribution in [1.29, 1.82) is 0 Å². The lowest BCUT2D eigenvalue weighted by molar-refractivity contribution is 0.174. The highest BCUT2D eigenvalue weighted by molar-refractivity contribution is 7.80. The molecule has 6 nitrogen and oxygen atoms in total. The van der Waals surface area contributed by atoms with Crippen LogP contribution in [0.3, 0.4) is 0 Å². The first-order valence-corrected chi connectivity index (χ1v) is 8.17. The fourth-order valence-electron chi connectivity index (χ4n) is 2.09. The van der Waals surface area contributed by atoms with Crippen LogP contribution in [0.1, 0.15) is 5.56 Å². The fourth-order valence-corrected chi connectivity index (χ4v) is 2.38. The number of fused-ring (bicyclic) bond motifs is 1. The second kappa shape index (κ2) is 7.95. The van der Waals surface area contributed by atoms with Gasteiger partial charge in [0, 0.05) is 12.2 Å². The van der Waals surface area contributed by atoms with Crippen LogP contribution >= 0.6 is 24.4 Å². The van der Waals surface area contributed by atoms with Gasteiger partial charge in [0.25, 0.3) is 0 Å². The van der Waals surface area contributed by atoms with Gasteiger partial charge >= 0.3 is 0 Å². The Morgan fingerprint density at radius 2 is 1.68 bits per heavy atom. The number of hydrogen-bond acceptors (Lipinski definition) is 4. The van der Waals surface area contributed by atoms with E-state index in [-0.39, 0.29) is 12.6 Å². The molecular weight excluding hydrogens is 363 g/mol. The SMILES string of the molecule is Fc1ccc(NC(=S)NNC(=S)NCc2ccc3c(c2)OCO3)cc1. The molecule has 0 aromatic heterocycles. The van der Waals surface area contributed by atoms with Gasteiger partial charge in [0.05, 0.1) is 0 Å². The quantitative estimate of drug-likeness (QED) is 0.480. The monoisotopic (exact) mass is 378 g/mol. The molecule has 25 heavy (non-hydrogen) atoms. The van der Waals surface area contributed by atoms with Crippen molar-refractivity contribution >= 4 is 40.3 Å². The molecule has 0 radical (unpaired) electrons. The Bertz CT molecular complexity index is 786.